The second kappa shape index (κ2) is 9.40. The fourth-order valence-corrected chi connectivity index (χ4v) is 3.51. The second-order valence-electron chi connectivity index (χ2n) is 6.95. The fraction of sp³-hybridized carbons (Fsp3) is 0.455. The number of hydrogen-bond acceptors (Lipinski definition) is 4. The molecule has 1 fully saturated rings. The lowest BCUT2D eigenvalue weighted by atomic mass is 9.94. The highest BCUT2D eigenvalue weighted by Gasteiger charge is 2.23. The maximum atomic E-state index is 12.9. The van der Waals surface area contributed by atoms with Gasteiger partial charge in [0.15, 0.2) is 11.5 Å². The first-order valence-corrected chi connectivity index (χ1v) is 9.74. The van der Waals surface area contributed by atoms with E-state index >= 15 is 0 Å². The van der Waals surface area contributed by atoms with Gasteiger partial charge in [-0.3, -0.25) is 9.78 Å². The third-order valence-electron chi connectivity index (χ3n) is 5.08. The summed E-state index contributed by atoms with van der Waals surface area (Å²) in [6.07, 6.45) is 9.34. The van der Waals surface area contributed by atoms with Crippen molar-refractivity contribution in [2.75, 3.05) is 13.7 Å². The summed E-state index contributed by atoms with van der Waals surface area (Å²) in [5.74, 6) is 1.29. The van der Waals surface area contributed by atoms with Crippen LogP contribution in [0.1, 0.15) is 54.9 Å². The molecule has 1 aromatic heterocycles. The van der Waals surface area contributed by atoms with Crippen molar-refractivity contribution in [3.8, 4) is 11.5 Å². The Morgan fingerprint density at radius 2 is 1.81 bits per heavy atom. The highest BCUT2D eigenvalue weighted by atomic mass is 16.5. The maximum absolute atomic E-state index is 12.9. The van der Waals surface area contributed by atoms with Crippen molar-refractivity contribution in [1.29, 1.82) is 0 Å². The first kappa shape index (κ1) is 19.2. The molecule has 144 valence electrons. The van der Waals surface area contributed by atoms with Crippen LogP contribution in [0.25, 0.3) is 0 Å². The van der Waals surface area contributed by atoms with Gasteiger partial charge in [-0.2, -0.15) is 0 Å². The standard InChI is InChI=1S/C22H28N2O3/c1-3-26-21-15-18(22(25)24(2)19-7-5-4-6-8-19)9-10-20(21)27-16-17-11-13-23-14-12-17/h9-15,19H,3-8,16H2,1-2H3. The Balaban J connectivity index is 1.72. The highest BCUT2D eigenvalue weighted by Crippen LogP contribution is 2.30. The first-order chi connectivity index (χ1) is 13.2. The molecule has 0 spiro atoms. The molecule has 1 amide bonds. The molecule has 1 aliphatic rings. The lowest BCUT2D eigenvalue weighted by molar-refractivity contribution is 0.0695. The monoisotopic (exact) mass is 368 g/mol. The molecule has 0 unspecified atom stereocenters. The molecular formula is C22H28N2O3. The van der Waals surface area contributed by atoms with Crippen LogP contribution in [-0.4, -0.2) is 35.5 Å². The van der Waals surface area contributed by atoms with E-state index in [1.54, 1.807) is 18.5 Å². The molecule has 1 aliphatic carbocycles. The number of carbonyl (C=O) groups is 1. The van der Waals surface area contributed by atoms with Gasteiger partial charge in [0.1, 0.15) is 6.61 Å². The van der Waals surface area contributed by atoms with E-state index in [1.165, 1.54) is 19.3 Å². The lowest BCUT2D eigenvalue weighted by Gasteiger charge is -2.31. The molecule has 0 saturated heterocycles. The van der Waals surface area contributed by atoms with Crippen LogP contribution in [0.15, 0.2) is 42.7 Å². The van der Waals surface area contributed by atoms with E-state index in [1.807, 2.05) is 43.1 Å². The minimum Gasteiger partial charge on any atom is -0.490 e. The number of rotatable bonds is 7. The summed E-state index contributed by atoms with van der Waals surface area (Å²) in [4.78, 5) is 18.8. The largest absolute Gasteiger partial charge is 0.490 e. The third-order valence-corrected chi connectivity index (χ3v) is 5.08. The number of hydrogen-bond donors (Lipinski definition) is 0. The molecule has 0 atom stereocenters. The van der Waals surface area contributed by atoms with E-state index in [-0.39, 0.29) is 5.91 Å². The molecule has 0 aliphatic heterocycles. The van der Waals surface area contributed by atoms with Gasteiger partial charge in [-0.15, -0.1) is 0 Å². The van der Waals surface area contributed by atoms with Crippen molar-refractivity contribution in [3.05, 3.63) is 53.9 Å². The summed E-state index contributed by atoms with van der Waals surface area (Å²) in [7, 11) is 1.91. The van der Waals surface area contributed by atoms with Crippen molar-refractivity contribution in [1.82, 2.24) is 9.88 Å². The Morgan fingerprint density at radius 3 is 2.52 bits per heavy atom. The van der Waals surface area contributed by atoms with Crippen LogP contribution in [0.5, 0.6) is 11.5 Å². The summed E-state index contributed by atoms with van der Waals surface area (Å²) >= 11 is 0. The van der Waals surface area contributed by atoms with E-state index < -0.39 is 0 Å². The molecule has 0 N–H and O–H groups in total. The predicted octanol–water partition coefficient (Wildman–Crippen LogP) is 4.46. The van der Waals surface area contributed by atoms with Crippen LogP contribution >= 0.6 is 0 Å². The normalized spacial score (nSPS) is 14.6. The van der Waals surface area contributed by atoms with E-state index in [0.717, 1.165) is 18.4 Å². The molecule has 2 aromatic rings. The van der Waals surface area contributed by atoms with Crippen molar-refractivity contribution in [2.45, 2.75) is 51.7 Å². The number of benzene rings is 1. The van der Waals surface area contributed by atoms with Gasteiger partial charge in [0, 0.05) is 31.0 Å². The van der Waals surface area contributed by atoms with Crippen molar-refractivity contribution in [2.24, 2.45) is 0 Å². The number of amides is 1. The minimum absolute atomic E-state index is 0.0449. The van der Waals surface area contributed by atoms with Crippen molar-refractivity contribution < 1.29 is 14.3 Å². The van der Waals surface area contributed by atoms with E-state index in [2.05, 4.69) is 4.98 Å². The van der Waals surface area contributed by atoms with Gasteiger partial charge in [-0.1, -0.05) is 19.3 Å². The molecule has 0 bridgehead atoms. The quantitative estimate of drug-likeness (QED) is 0.724. The molecule has 1 aromatic carbocycles. The lowest BCUT2D eigenvalue weighted by Crippen LogP contribution is -2.38. The molecule has 1 saturated carbocycles. The van der Waals surface area contributed by atoms with Crippen LogP contribution in [-0.2, 0) is 6.61 Å². The predicted molar refractivity (Wildman–Crippen MR) is 105 cm³/mol. The average molecular weight is 368 g/mol. The molecule has 5 heteroatoms. The molecule has 27 heavy (non-hydrogen) atoms. The smallest absolute Gasteiger partial charge is 0.253 e. The Labute approximate surface area is 161 Å². The van der Waals surface area contributed by atoms with Gasteiger partial charge in [-0.05, 0) is 55.7 Å². The Kier molecular flexibility index (Phi) is 6.69. The summed E-state index contributed by atoms with van der Waals surface area (Å²) in [6, 6.07) is 9.62. The second-order valence-corrected chi connectivity index (χ2v) is 6.95. The zero-order valence-electron chi connectivity index (χ0n) is 16.2. The Morgan fingerprint density at radius 1 is 1.07 bits per heavy atom. The number of pyridine rings is 1. The van der Waals surface area contributed by atoms with Crippen LogP contribution in [0.3, 0.4) is 0 Å². The zero-order chi connectivity index (χ0) is 19.1. The van der Waals surface area contributed by atoms with Gasteiger partial charge < -0.3 is 14.4 Å². The Bertz CT molecular complexity index is 742. The van der Waals surface area contributed by atoms with Crippen LogP contribution in [0, 0.1) is 0 Å². The highest BCUT2D eigenvalue weighted by molar-refractivity contribution is 5.95. The number of carbonyl (C=O) groups excluding carboxylic acids is 1. The van der Waals surface area contributed by atoms with Crippen LogP contribution < -0.4 is 9.47 Å². The number of ether oxygens (including phenoxy) is 2. The summed E-state index contributed by atoms with van der Waals surface area (Å²) in [5.41, 5.74) is 1.67. The van der Waals surface area contributed by atoms with E-state index in [9.17, 15) is 4.79 Å². The van der Waals surface area contributed by atoms with Crippen LogP contribution in [0.2, 0.25) is 0 Å². The topological polar surface area (TPSA) is 51.7 Å². The maximum Gasteiger partial charge on any atom is 0.253 e. The van der Waals surface area contributed by atoms with Gasteiger partial charge >= 0.3 is 0 Å². The SMILES string of the molecule is CCOc1cc(C(=O)N(C)C2CCCCC2)ccc1OCc1ccncc1. The van der Waals surface area contributed by atoms with Crippen molar-refractivity contribution in [3.63, 3.8) is 0 Å². The number of aromatic nitrogens is 1. The van der Waals surface area contributed by atoms with Crippen LogP contribution in [0.4, 0.5) is 0 Å². The van der Waals surface area contributed by atoms with E-state index in [4.69, 9.17) is 9.47 Å². The summed E-state index contributed by atoms with van der Waals surface area (Å²) in [6.45, 7) is 2.87. The van der Waals surface area contributed by atoms with Gasteiger partial charge in [-0.25, -0.2) is 0 Å². The van der Waals surface area contributed by atoms with E-state index in [0.29, 0.717) is 36.3 Å². The fourth-order valence-electron chi connectivity index (χ4n) is 3.51. The minimum atomic E-state index is 0.0449. The molecule has 3 rings (SSSR count). The van der Waals surface area contributed by atoms with Gasteiger partial charge in [0.05, 0.1) is 6.61 Å². The van der Waals surface area contributed by atoms with Crippen molar-refractivity contribution >= 4 is 5.91 Å². The summed E-state index contributed by atoms with van der Waals surface area (Å²) in [5, 5.41) is 0. The van der Waals surface area contributed by atoms with Gasteiger partial charge in [0.25, 0.3) is 5.91 Å². The third kappa shape index (κ3) is 5.00. The molecular weight excluding hydrogens is 340 g/mol. The summed E-state index contributed by atoms with van der Waals surface area (Å²) < 4.78 is 11.6. The molecule has 1 heterocycles. The zero-order valence-corrected chi connectivity index (χ0v) is 16.2. The Hall–Kier alpha value is -2.56. The van der Waals surface area contributed by atoms with Gasteiger partial charge in [0.2, 0.25) is 0 Å². The molecule has 0 radical (unpaired) electrons. The molecule has 5 nitrogen and oxygen atoms in total. The average Bonchev–Trinajstić information content (AvgIpc) is 2.73. The first-order valence-electron chi connectivity index (χ1n) is 9.74. The number of nitrogens with zero attached hydrogens (tertiary/aromatic N) is 2.